The van der Waals surface area contributed by atoms with E-state index in [4.69, 9.17) is 0 Å². The molecule has 1 heterocycles. The lowest BCUT2D eigenvalue weighted by molar-refractivity contribution is -0.385. The predicted octanol–water partition coefficient (Wildman–Crippen LogP) is 1.44. The highest BCUT2D eigenvalue weighted by Gasteiger charge is 2.19. The second-order valence-corrected chi connectivity index (χ2v) is 5.86. The Morgan fingerprint density at radius 2 is 2.20 bits per heavy atom. The van der Waals surface area contributed by atoms with E-state index in [0.717, 1.165) is 18.4 Å². The van der Waals surface area contributed by atoms with Crippen molar-refractivity contribution < 1.29 is 17.5 Å². The fourth-order valence-electron chi connectivity index (χ4n) is 1.02. The first-order valence-electron chi connectivity index (χ1n) is 3.87. The summed E-state index contributed by atoms with van der Waals surface area (Å²) in [6, 6.07) is 1.26. The first-order valence-corrected chi connectivity index (χ1v) is 6.27. The van der Waals surface area contributed by atoms with Crippen LogP contribution in [0.5, 0.6) is 0 Å². The van der Waals surface area contributed by atoms with Crippen molar-refractivity contribution in [3.63, 3.8) is 0 Å². The zero-order valence-corrected chi connectivity index (χ0v) is 9.72. The predicted molar refractivity (Wildman–Crippen MR) is 55.3 cm³/mol. The first-order chi connectivity index (χ1) is 6.85. The Kier molecular flexibility index (Phi) is 3.42. The minimum Gasteiger partial charge on any atom is -0.273 e. The van der Waals surface area contributed by atoms with Gasteiger partial charge in [-0.25, -0.2) is 0 Å². The summed E-state index contributed by atoms with van der Waals surface area (Å²) in [7, 11) is -2.55. The molecule has 0 aliphatic carbocycles. The maximum Gasteiger partial charge on any atom is 0.283 e. The van der Waals surface area contributed by atoms with Gasteiger partial charge in [0.1, 0.15) is 5.75 Å². The Labute approximate surface area is 90.8 Å². The molecule has 0 N–H and O–H groups in total. The maximum absolute atomic E-state index is 11.1. The van der Waals surface area contributed by atoms with E-state index in [1.807, 2.05) is 0 Å². The molecule has 15 heavy (non-hydrogen) atoms. The zero-order valence-electron chi connectivity index (χ0n) is 8.09. The number of aryl methyl sites for hydroxylation is 1. The quantitative estimate of drug-likeness (QED) is 0.459. The van der Waals surface area contributed by atoms with Gasteiger partial charge in [-0.05, 0) is 6.92 Å². The third-order valence-corrected chi connectivity index (χ3v) is 4.11. The molecule has 84 valence electrons. The van der Waals surface area contributed by atoms with Crippen LogP contribution in [0.15, 0.2) is 6.07 Å². The van der Waals surface area contributed by atoms with Gasteiger partial charge in [-0.15, -0.1) is 11.3 Å². The SMILES string of the molecule is COS(=O)(=O)Cc1cc([N+](=O)[O-])c(C)s1. The molecule has 0 bridgehead atoms. The van der Waals surface area contributed by atoms with E-state index in [0.29, 0.717) is 9.75 Å². The molecule has 1 rings (SSSR count). The molecule has 0 aliphatic heterocycles. The molecule has 8 heteroatoms. The van der Waals surface area contributed by atoms with Crippen molar-refractivity contribution in [2.75, 3.05) is 7.11 Å². The Morgan fingerprint density at radius 1 is 1.60 bits per heavy atom. The average Bonchev–Trinajstić information content (AvgIpc) is 2.46. The Balaban J connectivity index is 2.99. The monoisotopic (exact) mass is 251 g/mol. The van der Waals surface area contributed by atoms with E-state index in [9.17, 15) is 18.5 Å². The third kappa shape index (κ3) is 2.98. The number of thiophene rings is 1. The second kappa shape index (κ2) is 4.25. The Hall–Kier alpha value is -0.990. The topological polar surface area (TPSA) is 86.5 Å². The summed E-state index contributed by atoms with van der Waals surface area (Å²) < 4.78 is 26.4. The summed E-state index contributed by atoms with van der Waals surface area (Å²) in [6.45, 7) is 1.58. The van der Waals surface area contributed by atoms with Crippen LogP contribution >= 0.6 is 11.3 Å². The van der Waals surface area contributed by atoms with Crippen molar-refractivity contribution in [3.05, 3.63) is 25.9 Å². The first kappa shape index (κ1) is 12.1. The molecule has 1 aromatic rings. The van der Waals surface area contributed by atoms with Crippen molar-refractivity contribution in [2.24, 2.45) is 0 Å². The van der Waals surface area contributed by atoms with Crippen molar-refractivity contribution in [2.45, 2.75) is 12.7 Å². The van der Waals surface area contributed by atoms with Gasteiger partial charge in [0.15, 0.2) is 0 Å². The lowest BCUT2D eigenvalue weighted by Gasteiger charge is -1.96. The van der Waals surface area contributed by atoms with E-state index < -0.39 is 15.0 Å². The molecular formula is C7H9NO5S2. The molecule has 0 saturated heterocycles. The molecule has 0 amide bonds. The lowest BCUT2D eigenvalue weighted by atomic mass is 10.4. The average molecular weight is 251 g/mol. The summed E-state index contributed by atoms with van der Waals surface area (Å²) in [4.78, 5) is 10.9. The van der Waals surface area contributed by atoms with E-state index in [1.54, 1.807) is 6.92 Å². The smallest absolute Gasteiger partial charge is 0.273 e. The van der Waals surface area contributed by atoms with Crippen molar-refractivity contribution in [1.82, 2.24) is 0 Å². The van der Waals surface area contributed by atoms with Crippen molar-refractivity contribution >= 4 is 27.1 Å². The molecule has 0 atom stereocenters. The minimum atomic E-state index is -3.61. The number of nitrogens with zero attached hydrogens (tertiary/aromatic N) is 1. The molecule has 0 aromatic carbocycles. The van der Waals surface area contributed by atoms with Crippen LogP contribution in [0.25, 0.3) is 0 Å². The number of hydrogen-bond donors (Lipinski definition) is 0. The normalized spacial score (nSPS) is 11.6. The van der Waals surface area contributed by atoms with Crippen LogP contribution in [0.2, 0.25) is 0 Å². The Morgan fingerprint density at radius 3 is 2.60 bits per heavy atom. The molecule has 0 spiro atoms. The molecule has 0 saturated carbocycles. The minimum absolute atomic E-state index is 0.0543. The molecule has 6 nitrogen and oxygen atoms in total. The molecule has 0 radical (unpaired) electrons. The van der Waals surface area contributed by atoms with Crippen LogP contribution in [-0.2, 0) is 20.1 Å². The van der Waals surface area contributed by atoms with E-state index in [1.165, 1.54) is 6.07 Å². The van der Waals surface area contributed by atoms with Crippen molar-refractivity contribution in [3.8, 4) is 0 Å². The van der Waals surface area contributed by atoms with Crippen LogP contribution in [-0.4, -0.2) is 20.5 Å². The maximum atomic E-state index is 11.1. The van der Waals surface area contributed by atoms with Gasteiger partial charge in [-0.1, -0.05) is 0 Å². The Bertz CT molecular complexity index is 476. The molecule has 1 aromatic heterocycles. The summed E-state index contributed by atoms with van der Waals surface area (Å²) in [5.74, 6) is -0.331. The van der Waals surface area contributed by atoms with E-state index in [-0.39, 0.29) is 11.4 Å². The molecule has 0 aliphatic rings. The summed E-state index contributed by atoms with van der Waals surface area (Å²) in [5.41, 5.74) is -0.0543. The van der Waals surface area contributed by atoms with Gasteiger partial charge >= 0.3 is 0 Å². The van der Waals surface area contributed by atoms with Crippen LogP contribution < -0.4 is 0 Å². The number of nitro groups is 1. The highest BCUT2D eigenvalue weighted by Crippen LogP contribution is 2.29. The van der Waals surface area contributed by atoms with Gasteiger partial charge in [0.25, 0.3) is 15.8 Å². The van der Waals surface area contributed by atoms with Gasteiger partial charge in [0, 0.05) is 10.9 Å². The van der Waals surface area contributed by atoms with Crippen molar-refractivity contribution in [1.29, 1.82) is 0 Å². The summed E-state index contributed by atoms with van der Waals surface area (Å²) >= 11 is 1.08. The lowest BCUT2D eigenvalue weighted by Crippen LogP contribution is -2.04. The van der Waals surface area contributed by atoms with E-state index in [2.05, 4.69) is 4.18 Å². The largest absolute Gasteiger partial charge is 0.283 e. The van der Waals surface area contributed by atoms with Gasteiger partial charge in [-0.3, -0.25) is 14.3 Å². The summed E-state index contributed by atoms with van der Waals surface area (Å²) in [6.07, 6.45) is 0. The van der Waals surface area contributed by atoms with Gasteiger partial charge in [0.05, 0.1) is 16.9 Å². The zero-order chi connectivity index (χ0) is 11.6. The van der Waals surface area contributed by atoms with Gasteiger partial charge in [0.2, 0.25) is 0 Å². The molecular weight excluding hydrogens is 242 g/mol. The fraction of sp³-hybridized carbons (Fsp3) is 0.429. The van der Waals surface area contributed by atoms with Gasteiger partial charge < -0.3 is 0 Å². The van der Waals surface area contributed by atoms with E-state index >= 15 is 0 Å². The molecule has 0 unspecified atom stereocenters. The highest BCUT2D eigenvalue weighted by atomic mass is 32.2. The summed E-state index contributed by atoms with van der Waals surface area (Å²) in [5, 5.41) is 10.5. The standard InChI is InChI=1S/C7H9NO5S2/c1-5-7(8(9)10)3-6(14-5)4-15(11,12)13-2/h3H,4H2,1-2H3. The number of rotatable bonds is 4. The fourth-order valence-corrected chi connectivity index (χ4v) is 3.04. The van der Waals surface area contributed by atoms with Crippen LogP contribution in [0.3, 0.4) is 0 Å². The highest BCUT2D eigenvalue weighted by molar-refractivity contribution is 7.86. The third-order valence-electron chi connectivity index (χ3n) is 1.71. The van der Waals surface area contributed by atoms with Crippen LogP contribution in [0, 0.1) is 17.0 Å². The van der Waals surface area contributed by atoms with Crippen LogP contribution in [0.1, 0.15) is 9.75 Å². The second-order valence-electron chi connectivity index (χ2n) is 2.78. The van der Waals surface area contributed by atoms with Gasteiger partial charge in [-0.2, -0.15) is 8.42 Å². The van der Waals surface area contributed by atoms with Crippen LogP contribution in [0.4, 0.5) is 5.69 Å². The molecule has 0 fully saturated rings. The number of hydrogen-bond acceptors (Lipinski definition) is 6.